The van der Waals surface area contributed by atoms with Crippen molar-refractivity contribution in [2.75, 3.05) is 11.9 Å². The number of carbonyl (C=O) groups is 2. The van der Waals surface area contributed by atoms with Crippen molar-refractivity contribution in [1.29, 1.82) is 0 Å². The number of para-hydroxylation sites is 1. The SMILES string of the molecule is CCCCC(NC(=O)C1CNc2ccccc21)C(=O)O. The van der Waals surface area contributed by atoms with Crippen LogP contribution in [0.25, 0.3) is 0 Å². The first kappa shape index (κ1) is 14.4. The van der Waals surface area contributed by atoms with E-state index in [-0.39, 0.29) is 11.8 Å². The standard InChI is InChI=1S/C15H20N2O3/c1-2-3-7-13(15(19)20)17-14(18)11-9-16-12-8-5-4-6-10(11)12/h4-6,8,11,13,16H,2-3,7,9H2,1H3,(H,17,18)(H,19,20). The Kier molecular flexibility index (Phi) is 4.61. The van der Waals surface area contributed by atoms with Gasteiger partial charge in [-0.3, -0.25) is 4.79 Å². The highest BCUT2D eigenvalue weighted by molar-refractivity contribution is 5.91. The molecule has 20 heavy (non-hydrogen) atoms. The fourth-order valence-electron chi connectivity index (χ4n) is 2.46. The Bertz CT molecular complexity index is 502. The van der Waals surface area contributed by atoms with Crippen molar-refractivity contribution >= 4 is 17.6 Å². The second kappa shape index (κ2) is 6.41. The molecule has 2 unspecified atom stereocenters. The van der Waals surface area contributed by atoms with Crippen LogP contribution < -0.4 is 10.6 Å². The molecule has 1 aliphatic rings. The summed E-state index contributed by atoms with van der Waals surface area (Å²) in [4.78, 5) is 23.4. The van der Waals surface area contributed by atoms with Crippen molar-refractivity contribution in [3.63, 3.8) is 0 Å². The molecule has 1 amide bonds. The zero-order valence-electron chi connectivity index (χ0n) is 11.6. The lowest BCUT2D eigenvalue weighted by atomic mass is 9.99. The molecule has 0 spiro atoms. The smallest absolute Gasteiger partial charge is 0.326 e. The number of carboxylic acid groups (broad SMARTS) is 1. The molecule has 108 valence electrons. The zero-order valence-corrected chi connectivity index (χ0v) is 11.6. The van der Waals surface area contributed by atoms with E-state index in [0.717, 1.165) is 24.1 Å². The van der Waals surface area contributed by atoms with Gasteiger partial charge in [-0.05, 0) is 18.1 Å². The van der Waals surface area contributed by atoms with Gasteiger partial charge in [0.2, 0.25) is 5.91 Å². The Balaban J connectivity index is 2.03. The number of rotatable bonds is 6. The lowest BCUT2D eigenvalue weighted by Gasteiger charge is -2.17. The molecule has 0 saturated carbocycles. The molecule has 1 aromatic rings. The number of amides is 1. The maximum Gasteiger partial charge on any atom is 0.326 e. The highest BCUT2D eigenvalue weighted by atomic mass is 16.4. The molecule has 5 heteroatoms. The van der Waals surface area contributed by atoms with Gasteiger partial charge < -0.3 is 15.7 Å². The molecule has 1 aliphatic heterocycles. The molecule has 0 aromatic heterocycles. The summed E-state index contributed by atoms with van der Waals surface area (Å²) in [5.41, 5.74) is 1.89. The molecule has 3 N–H and O–H groups in total. The van der Waals surface area contributed by atoms with Crippen LogP contribution in [0.1, 0.15) is 37.7 Å². The van der Waals surface area contributed by atoms with Crippen molar-refractivity contribution in [2.45, 2.75) is 38.1 Å². The minimum atomic E-state index is -0.967. The van der Waals surface area contributed by atoms with Crippen LogP contribution in [0.5, 0.6) is 0 Å². The van der Waals surface area contributed by atoms with Gasteiger partial charge in [-0.1, -0.05) is 38.0 Å². The van der Waals surface area contributed by atoms with E-state index in [1.54, 1.807) is 0 Å². The fourth-order valence-corrected chi connectivity index (χ4v) is 2.46. The third-order valence-electron chi connectivity index (χ3n) is 3.61. The van der Waals surface area contributed by atoms with Crippen LogP contribution in [0, 0.1) is 0 Å². The van der Waals surface area contributed by atoms with Crippen LogP contribution >= 0.6 is 0 Å². The van der Waals surface area contributed by atoms with Crippen molar-refractivity contribution in [1.82, 2.24) is 5.32 Å². The van der Waals surface area contributed by atoms with E-state index in [4.69, 9.17) is 5.11 Å². The summed E-state index contributed by atoms with van der Waals surface area (Å²) in [6.07, 6.45) is 2.17. The van der Waals surface area contributed by atoms with Gasteiger partial charge in [0.25, 0.3) is 0 Å². The number of unbranched alkanes of at least 4 members (excludes halogenated alkanes) is 1. The van der Waals surface area contributed by atoms with Gasteiger partial charge in [0, 0.05) is 12.2 Å². The molecule has 0 bridgehead atoms. The number of fused-ring (bicyclic) bond motifs is 1. The average molecular weight is 276 g/mol. The van der Waals surface area contributed by atoms with E-state index in [2.05, 4.69) is 10.6 Å². The second-order valence-corrected chi connectivity index (χ2v) is 5.06. The van der Waals surface area contributed by atoms with Crippen LogP contribution in [0.3, 0.4) is 0 Å². The van der Waals surface area contributed by atoms with Gasteiger partial charge in [0.1, 0.15) is 6.04 Å². The molecule has 0 fully saturated rings. The summed E-state index contributed by atoms with van der Waals surface area (Å²) in [6, 6.07) is 6.83. The van der Waals surface area contributed by atoms with E-state index in [1.165, 1.54) is 0 Å². The molecule has 0 aliphatic carbocycles. The van der Waals surface area contributed by atoms with Gasteiger partial charge in [-0.15, -0.1) is 0 Å². The number of nitrogens with one attached hydrogen (secondary N) is 2. The van der Waals surface area contributed by atoms with Crippen molar-refractivity contribution in [3.8, 4) is 0 Å². The van der Waals surface area contributed by atoms with Gasteiger partial charge in [-0.2, -0.15) is 0 Å². The number of carboxylic acids is 1. The van der Waals surface area contributed by atoms with Crippen molar-refractivity contribution in [2.24, 2.45) is 0 Å². The van der Waals surface area contributed by atoms with Crippen LogP contribution in [-0.2, 0) is 9.59 Å². The number of benzene rings is 1. The predicted octanol–water partition coefficient (Wildman–Crippen LogP) is 1.96. The summed E-state index contributed by atoms with van der Waals surface area (Å²) in [6.45, 7) is 2.52. The minimum absolute atomic E-state index is 0.217. The summed E-state index contributed by atoms with van der Waals surface area (Å²) in [5.74, 6) is -1.49. The summed E-state index contributed by atoms with van der Waals surface area (Å²) in [5, 5.41) is 15.0. The molecule has 2 atom stereocenters. The maximum atomic E-state index is 12.3. The molecule has 2 rings (SSSR count). The normalized spacial score (nSPS) is 17.9. The lowest BCUT2D eigenvalue weighted by molar-refractivity contribution is -0.142. The Morgan fingerprint density at radius 2 is 2.20 bits per heavy atom. The van der Waals surface area contributed by atoms with Gasteiger partial charge >= 0.3 is 5.97 Å². The Labute approximate surface area is 118 Å². The summed E-state index contributed by atoms with van der Waals surface area (Å²) < 4.78 is 0. The quantitative estimate of drug-likeness (QED) is 0.742. The monoisotopic (exact) mass is 276 g/mol. The maximum absolute atomic E-state index is 12.3. The van der Waals surface area contributed by atoms with Crippen LogP contribution in [0.15, 0.2) is 24.3 Å². The van der Waals surface area contributed by atoms with E-state index < -0.39 is 12.0 Å². The minimum Gasteiger partial charge on any atom is -0.480 e. The first-order valence-corrected chi connectivity index (χ1v) is 6.99. The molecular weight excluding hydrogens is 256 g/mol. The van der Waals surface area contributed by atoms with Crippen LogP contribution in [0.2, 0.25) is 0 Å². The van der Waals surface area contributed by atoms with Gasteiger partial charge in [0.05, 0.1) is 5.92 Å². The lowest BCUT2D eigenvalue weighted by Crippen LogP contribution is -2.43. The molecule has 0 saturated heterocycles. The Hall–Kier alpha value is -2.04. The van der Waals surface area contributed by atoms with E-state index in [1.807, 2.05) is 31.2 Å². The molecular formula is C15H20N2O3. The highest BCUT2D eigenvalue weighted by Gasteiger charge is 2.30. The third kappa shape index (κ3) is 3.10. The Morgan fingerprint density at radius 3 is 2.90 bits per heavy atom. The first-order valence-electron chi connectivity index (χ1n) is 6.99. The average Bonchev–Trinajstić information content (AvgIpc) is 2.87. The van der Waals surface area contributed by atoms with Crippen molar-refractivity contribution < 1.29 is 14.7 Å². The first-order chi connectivity index (χ1) is 9.63. The number of anilines is 1. The fraction of sp³-hybridized carbons (Fsp3) is 0.467. The largest absolute Gasteiger partial charge is 0.480 e. The number of carbonyl (C=O) groups excluding carboxylic acids is 1. The number of aliphatic carboxylic acids is 1. The van der Waals surface area contributed by atoms with E-state index in [0.29, 0.717) is 13.0 Å². The van der Waals surface area contributed by atoms with Crippen molar-refractivity contribution in [3.05, 3.63) is 29.8 Å². The summed E-state index contributed by atoms with van der Waals surface area (Å²) in [7, 11) is 0. The van der Waals surface area contributed by atoms with Gasteiger partial charge in [0.15, 0.2) is 0 Å². The summed E-state index contributed by atoms with van der Waals surface area (Å²) >= 11 is 0. The number of hydrogen-bond acceptors (Lipinski definition) is 3. The highest BCUT2D eigenvalue weighted by Crippen LogP contribution is 2.31. The zero-order chi connectivity index (χ0) is 14.5. The molecule has 1 aromatic carbocycles. The third-order valence-corrected chi connectivity index (χ3v) is 3.61. The van der Waals surface area contributed by atoms with Gasteiger partial charge in [-0.25, -0.2) is 4.79 Å². The topological polar surface area (TPSA) is 78.4 Å². The Morgan fingerprint density at radius 1 is 1.45 bits per heavy atom. The van der Waals surface area contributed by atoms with Crippen LogP contribution in [0.4, 0.5) is 5.69 Å². The second-order valence-electron chi connectivity index (χ2n) is 5.06. The van der Waals surface area contributed by atoms with E-state index in [9.17, 15) is 9.59 Å². The molecule has 0 radical (unpaired) electrons. The molecule has 5 nitrogen and oxygen atoms in total. The number of hydrogen-bond donors (Lipinski definition) is 3. The van der Waals surface area contributed by atoms with Crippen LogP contribution in [-0.4, -0.2) is 29.6 Å². The predicted molar refractivity (Wildman–Crippen MR) is 76.8 cm³/mol. The van der Waals surface area contributed by atoms with E-state index >= 15 is 0 Å². The molecule has 1 heterocycles.